The van der Waals surface area contributed by atoms with Crippen molar-refractivity contribution < 1.29 is 4.11 Å². The molecule has 0 aliphatic rings. The Balaban J connectivity index is 3.25. The molecule has 0 unspecified atom stereocenters. The molecule has 1 aromatic rings. The quantitative estimate of drug-likeness (QED) is 0.512. The van der Waals surface area contributed by atoms with E-state index in [0.717, 1.165) is 17.6 Å². The fourth-order valence-corrected chi connectivity index (χ4v) is 1.09. The minimum Gasteiger partial charge on any atom is -0.268 e. The minimum atomic E-state index is -2.41. The highest BCUT2D eigenvalue weighted by Gasteiger charge is 1.93. The number of aryl methyl sites for hydroxylation is 1. The Kier molecular flexibility index (Phi) is 0.726. The molecule has 0 N–H and O–H groups in total. The van der Waals surface area contributed by atoms with E-state index in [1.807, 2.05) is 0 Å². The summed E-state index contributed by atoms with van der Waals surface area (Å²) in [4.78, 5) is 10.8. The zero-order valence-corrected chi connectivity index (χ0v) is 5.29. The van der Waals surface area contributed by atoms with Gasteiger partial charge < -0.3 is 0 Å². The van der Waals surface area contributed by atoms with Crippen LogP contribution in [0.4, 0.5) is 0 Å². The number of hydrogen-bond acceptors (Lipinski definition) is 2. The van der Waals surface area contributed by atoms with Crippen molar-refractivity contribution >= 4 is 23.1 Å². The van der Waals surface area contributed by atoms with Gasteiger partial charge in [-0.2, -0.15) is 0 Å². The maximum absolute atomic E-state index is 10.8. The van der Waals surface area contributed by atoms with Gasteiger partial charge in [0.1, 0.15) is 4.34 Å². The zero-order chi connectivity index (χ0) is 8.65. The molecule has 0 bridgehead atoms. The molecule has 1 aromatic heterocycles. The molecule has 0 fully saturated rings. The van der Waals surface area contributed by atoms with Gasteiger partial charge >= 0.3 is 0 Å². The van der Waals surface area contributed by atoms with Crippen LogP contribution in [0.3, 0.4) is 0 Å². The normalized spacial score (nSPS) is 16.9. The Morgan fingerprint density at radius 3 is 3.12 bits per heavy atom. The van der Waals surface area contributed by atoms with Gasteiger partial charge in [0.25, 0.3) is 5.56 Å². The third-order valence-electron chi connectivity index (χ3n) is 0.616. The van der Waals surface area contributed by atoms with Crippen molar-refractivity contribution in [1.82, 2.24) is 3.96 Å². The van der Waals surface area contributed by atoms with Gasteiger partial charge in [-0.3, -0.25) is 8.75 Å². The second kappa shape index (κ2) is 1.91. The van der Waals surface area contributed by atoms with Crippen LogP contribution in [0.15, 0.2) is 10.9 Å². The molecule has 1 heterocycles. The van der Waals surface area contributed by atoms with E-state index in [4.69, 9.17) is 15.7 Å². The number of halogens is 1. The third kappa shape index (κ3) is 0.928. The molecule has 44 valence electrons. The SMILES string of the molecule is [2H][13C]([2H])([2H])n1sc(Cl)cc1=O. The van der Waals surface area contributed by atoms with Gasteiger partial charge in [0, 0.05) is 17.2 Å². The molecule has 0 spiro atoms. The number of nitrogens with zero attached hydrogens (tertiary/aromatic N) is 1. The predicted octanol–water partition coefficient (Wildman–Crippen LogP) is 1.10. The van der Waals surface area contributed by atoms with Crippen LogP contribution < -0.4 is 5.56 Å². The molecule has 0 saturated heterocycles. The molecule has 0 saturated carbocycles. The predicted molar refractivity (Wildman–Crippen MR) is 34.6 cm³/mol. The summed E-state index contributed by atoms with van der Waals surface area (Å²) in [5.74, 6) is 0. The maximum atomic E-state index is 10.8. The summed E-state index contributed by atoms with van der Waals surface area (Å²) in [6.07, 6.45) is 0. The van der Waals surface area contributed by atoms with Gasteiger partial charge in [0.15, 0.2) is 0 Å². The average molecular weight is 154 g/mol. The molecule has 0 aliphatic heterocycles. The van der Waals surface area contributed by atoms with E-state index < -0.39 is 12.5 Å². The number of aromatic nitrogens is 1. The maximum Gasteiger partial charge on any atom is 0.261 e. The Bertz CT molecular complexity index is 314. The van der Waals surface area contributed by atoms with Crippen molar-refractivity contribution in [3.8, 4) is 0 Å². The van der Waals surface area contributed by atoms with Crippen LogP contribution in [0.25, 0.3) is 0 Å². The van der Waals surface area contributed by atoms with E-state index >= 15 is 0 Å². The van der Waals surface area contributed by atoms with Crippen molar-refractivity contribution in [2.45, 2.75) is 0 Å². The lowest BCUT2D eigenvalue weighted by molar-refractivity contribution is 0.981. The smallest absolute Gasteiger partial charge is 0.261 e. The Morgan fingerprint density at radius 1 is 2.12 bits per heavy atom. The first-order chi connectivity index (χ1) is 4.91. The lowest BCUT2D eigenvalue weighted by Crippen LogP contribution is -2.05. The monoisotopic (exact) mass is 153 g/mol. The standard InChI is InChI=1S/C4H4ClNOS/c1-6-4(7)2-3(5)8-6/h2H,1H3/i1+1D3. The number of hydrogen-bond donors (Lipinski definition) is 0. The lowest BCUT2D eigenvalue weighted by atomic mass is 10.7. The van der Waals surface area contributed by atoms with Crippen LogP contribution in [0.2, 0.25) is 4.34 Å². The average Bonchev–Trinajstić information content (AvgIpc) is 2.08. The molecule has 0 amide bonds. The van der Waals surface area contributed by atoms with E-state index in [9.17, 15) is 4.79 Å². The highest BCUT2D eigenvalue weighted by atomic mass is 35.5. The highest BCUT2D eigenvalue weighted by molar-refractivity contribution is 7.11. The molecule has 2 nitrogen and oxygen atoms in total. The molecule has 8 heavy (non-hydrogen) atoms. The van der Waals surface area contributed by atoms with Crippen LogP contribution >= 0.6 is 23.1 Å². The van der Waals surface area contributed by atoms with Crippen LogP contribution in [0.5, 0.6) is 0 Å². The first kappa shape index (κ1) is 3.03. The van der Waals surface area contributed by atoms with E-state index in [1.165, 1.54) is 0 Å². The lowest BCUT2D eigenvalue weighted by Gasteiger charge is -1.77. The first-order valence-electron chi connectivity index (χ1n) is 3.30. The summed E-state index contributed by atoms with van der Waals surface area (Å²) in [5.41, 5.74) is -0.583. The molecule has 1 rings (SSSR count). The summed E-state index contributed by atoms with van der Waals surface area (Å²) in [5, 5.41) is 0. The summed E-state index contributed by atoms with van der Waals surface area (Å²) < 4.78 is 21.5. The Labute approximate surface area is 59.7 Å². The minimum absolute atomic E-state index is 0.186. The van der Waals surface area contributed by atoms with E-state index in [0.29, 0.717) is 3.96 Å². The van der Waals surface area contributed by atoms with Crippen molar-refractivity contribution in [2.24, 2.45) is 6.98 Å². The summed E-state index contributed by atoms with van der Waals surface area (Å²) >= 11 is 6.15. The van der Waals surface area contributed by atoms with Gasteiger partial charge in [-0.1, -0.05) is 11.6 Å². The second-order valence-corrected chi connectivity index (χ2v) is 2.79. The Morgan fingerprint density at radius 2 is 2.88 bits per heavy atom. The van der Waals surface area contributed by atoms with E-state index in [1.54, 1.807) is 0 Å². The molecular formula is C4H4ClNOS. The Hall–Kier alpha value is -0.280. The highest BCUT2D eigenvalue weighted by Crippen LogP contribution is 2.09. The van der Waals surface area contributed by atoms with Gasteiger partial charge in [-0.15, -0.1) is 0 Å². The second-order valence-electron chi connectivity index (χ2n) is 1.17. The molecule has 0 radical (unpaired) electrons. The van der Waals surface area contributed by atoms with Gasteiger partial charge in [0.05, 0.1) is 0 Å². The van der Waals surface area contributed by atoms with Crippen molar-refractivity contribution in [3.05, 3.63) is 20.8 Å². The molecular weight excluding hydrogens is 147 g/mol. The molecule has 0 aromatic carbocycles. The third-order valence-corrected chi connectivity index (χ3v) is 1.59. The summed E-state index contributed by atoms with van der Waals surface area (Å²) in [6, 6.07) is 1.08. The van der Waals surface area contributed by atoms with Gasteiger partial charge in [-0.05, 0) is 11.5 Å². The van der Waals surface area contributed by atoms with Crippen molar-refractivity contribution in [3.63, 3.8) is 0 Å². The fraction of sp³-hybridized carbons (Fsp3) is 0.250. The molecule has 0 atom stereocenters. The van der Waals surface area contributed by atoms with Crippen molar-refractivity contribution in [1.29, 1.82) is 0 Å². The van der Waals surface area contributed by atoms with Crippen LogP contribution in [0.1, 0.15) is 4.11 Å². The van der Waals surface area contributed by atoms with E-state index in [2.05, 4.69) is 0 Å². The largest absolute Gasteiger partial charge is 0.268 e. The van der Waals surface area contributed by atoms with Gasteiger partial charge in [0.2, 0.25) is 0 Å². The zero-order valence-electron chi connectivity index (χ0n) is 6.72. The van der Waals surface area contributed by atoms with Crippen LogP contribution in [-0.2, 0) is 6.98 Å². The summed E-state index contributed by atoms with van der Waals surface area (Å²) in [6.45, 7) is -2.41. The van der Waals surface area contributed by atoms with Crippen molar-refractivity contribution in [2.75, 3.05) is 0 Å². The number of rotatable bonds is 0. The fourth-order valence-electron chi connectivity index (χ4n) is 0.314. The topological polar surface area (TPSA) is 22.0 Å². The van der Waals surface area contributed by atoms with Crippen LogP contribution in [0, 0.1) is 0 Å². The molecule has 4 heteroatoms. The molecule has 0 aliphatic carbocycles. The van der Waals surface area contributed by atoms with Crippen LogP contribution in [-0.4, -0.2) is 3.96 Å². The summed E-state index contributed by atoms with van der Waals surface area (Å²) in [7, 11) is 0. The van der Waals surface area contributed by atoms with Gasteiger partial charge in [-0.25, -0.2) is 0 Å². The first-order valence-corrected chi connectivity index (χ1v) is 2.96. The van der Waals surface area contributed by atoms with E-state index in [-0.39, 0.29) is 4.34 Å².